The summed E-state index contributed by atoms with van der Waals surface area (Å²) in [6, 6.07) is 57.2. The lowest BCUT2D eigenvalue weighted by Gasteiger charge is -2.11. The van der Waals surface area contributed by atoms with Crippen molar-refractivity contribution in [1.29, 1.82) is 0 Å². The molecule has 0 fully saturated rings. The molecule has 1 aliphatic carbocycles. The van der Waals surface area contributed by atoms with Crippen molar-refractivity contribution in [1.82, 2.24) is 19.5 Å². The Kier molecular flexibility index (Phi) is 7.56. The van der Waals surface area contributed by atoms with Gasteiger partial charge in [-0.2, -0.15) is 0 Å². The number of hydrogen-bond acceptors (Lipinski definition) is 4. The lowest BCUT2D eigenvalue weighted by atomic mass is 9.97. The van der Waals surface area contributed by atoms with Gasteiger partial charge in [-0.1, -0.05) is 133 Å². The number of benzene rings is 7. The molecule has 264 valence electrons. The van der Waals surface area contributed by atoms with Crippen molar-refractivity contribution in [2.75, 3.05) is 0 Å². The van der Waals surface area contributed by atoms with Crippen molar-refractivity contribution < 1.29 is 4.42 Å². The third-order valence-electron chi connectivity index (χ3n) is 10.9. The number of allylic oxidation sites excluding steroid dienone is 4. The SMILES string of the molecule is C1=CC(c2ccc3c(c2)c2cc(-c4ccccc4)ccc2n3-c2cccc3oc4cc(-c5nc(-c6ccccc6)nc(-c6ccccc6)n5)ccc4c23)=CCC1. The van der Waals surface area contributed by atoms with Crippen LogP contribution in [0.5, 0.6) is 0 Å². The summed E-state index contributed by atoms with van der Waals surface area (Å²) < 4.78 is 9.09. The van der Waals surface area contributed by atoms with E-state index in [0.717, 1.165) is 68.2 Å². The van der Waals surface area contributed by atoms with Gasteiger partial charge in [0.1, 0.15) is 11.2 Å². The lowest BCUT2D eigenvalue weighted by molar-refractivity contribution is 0.669. The van der Waals surface area contributed by atoms with Gasteiger partial charge in [0, 0.05) is 32.8 Å². The second-order valence-corrected chi connectivity index (χ2v) is 14.3. The first kappa shape index (κ1) is 32.1. The normalized spacial score (nSPS) is 12.9. The van der Waals surface area contributed by atoms with Gasteiger partial charge in [-0.3, -0.25) is 0 Å². The molecule has 3 heterocycles. The van der Waals surface area contributed by atoms with Crippen LogP contribution in [0, 0.1) is 0 Å². The van der Waals surface area contributed by atoms with E-state index in [0.29, 0.717) is 17.5 Å². The molecule has 7 aromatic carbocycles. The summed E-state index contributed by atoms with van der Waals surface area (Å²) in [7, 11) is 0. The fourth-order valence-corrected chi connectivity index (χ4v) is 8.17. The van der Waals surface area contributed by atoms with Gasteiger partial charge in [0.25, 0.3) is 0 Å². The van der Waals surface area contributed by atoms with Crippen LogP contribution in [0.2, 0.25) is 0 Å². The van der Waals surface area contributed by atoms with E-state index >= 15 is 0 Å². The van der Waals surface area contributed by atoms with Crippen molar-refractivity contribution in [2.24, 2.45) is 0 Å². The number of hydrogen-bond donors (Lipinski definition) is 0. The average Bonchev–Trinajstić information content (AvgIpc) is 3.82. The fourth-order valence-electron chi connectivity index (χ4n) is 8.17. The first-order valence-electron chi connectivity index (χ1n) is 19.1. The van der Waals surface area contributed by atoms with Crippen LogP contribution in [0.3, 0.4) is 0 Å². The van der Waals surface area contributed by atoms with Gasteiger partial charge in [0.15, 0.2) is 17.5 Å². The molecule has 10 aromatic rings. The Morgan fingerprint density at radius 2 is 1.02 bits per heavy atom. The molecule has 11 rings (SSSR count). The zero-order chi connectivity index (χ0) is 37.0. The molecule has 0 amide bonds. The molecule has 0 spiro atoms. The standard InChI is InChI=1S/C51H34N4O/c1-5-14-33(15-6-1)37-25-28-43-41(30-37)42-31-38(34-16-7-2-8-17-34)26-29-44(42)55(43)45-22-13-23-46-48(45)40-27-24-39(32-47(40)56-46)51-53-49(35-18-9-3-10-19-35)52-50(54-51)36-20-11-4-12-21-36/h1,3-7,9-32H,2,8H2. The topological polar surface area (TPSA) is 56.7 Å². The maximum atomic E-state index is 6.68. The van der Waals surface area contributed by atoms with Gasteiger partial charge in [0.2, 0.25) is 0 Å². The van der Waals surface area contributed by atoms with Gasteiger partial charge >= 0.3 is 0 Å². The second-order valence-electron chi connectivity index (χ2n) is 14.3. The van der Waals surface area contributed by atoms with E-state index in [9.17, 15) is 0 Å². The van der Waals surface area contributed by atoms with E-state index in [1.165, 1.54) is 33.0 Å². The Morgan fingerprint density at radius 1 is 0.429 bits per heavy atom. The average molecular weight is 719 g/mol. The van der Waals surface area contributed by atoms with Gasteiger partial charge in [-0.15, -0.1) is 0 Å². The van der Waals surface area contributed by atoms with Gasteiger partial charge in [-0.05, 0) is 83.6 Å². The van der Waals surface area contributed by atoms with Crippen molar-refractivity contribution in [3.8, 4) is 51.0 Å². The molecule has 1 aliphatic rings. The monoisotopic (exact) mass is 718 g/mol. The Hall–Kier alpha value is -7.37. The summed E-state index contributed by atoms with van der Waals surface area (Å²) in [5, 5.41) is 4.53. The summed E-state index contributed by atoms with van der Waals surface area (Å²) in [4.78, 5) is 14.8. The highest BCUT2D eigenvalue weighted by Crippen LogP contribution is 2.41. The van der Waals surface area contributed by atoms with Gasteiger partial charge < -0.3 is 8.98 Å². The number of nitrogens with zero attached hydrogens (tertiary/aromatic N) is 4. The molecule has 0 saturated heterocycles. The van der Waals surface area contributed by atoms with Crippen LogP contribution in [-0.2, 0) is 0 Å². The predicted octanol–water partition coefficient (Wildman–Crippen LogP) is 13.3. The largest absolute Gasteiger partial charge is 0.456 e. The molecule has 5 heteroatoms. The Morgan fingerprint density at radius 3 is 1.66 bits per heavy atom. The summed E-state index contributed by atoms with van der Waals surface area (Å²) in [5.74, 6) is 1.85. The van der Waals surface area contributed by atoms with E-state index in [1.54, 1.807) is 0 Å². The summed E-state index contributed by atoms with van der Waals surface area (Å²) >= 11 is 0. The zero-order valence-corrected chi connectivity index (χ0v) is 30.4. The highest BCUT2D eigenvalue weighted by molar-refractivity contribution is 6.15. The second kappa shape index (κ2) is 13.2. The third-order valence-corrected chi connectivity index (χ3v) is 10.9. The smallest absolute Gasteiger partial charge is 0.164 e. The summed E-state index contributed by atoms with van der Waals surface area (Å²) in [6.45, 7) is 0. The van der Waals surface area contributed by atoms with Gasteiger partial charge in [-0.25, -0.2) is 15.0 Å². The van der Waals surface area contributed by atoms with Crippen molar-refractivity contribution >= 4 is 49.3 Å². The highest BCUT2D eigenvalue weighted by atomic mass is 16.3. The minimum Gasteiger partial charge on any atom is -0.456 e. The molecule has 5 nitrogen and oxygen atoms in total. The maximum absolute atomic E-state index is 6.68. The minimum absolute atomic E-state index is 0.593. The number of rotatable bonds is 6. The Labute approximate surface area is 323 Å². The molecule has 0 aliphatic heterocycles. The number of fused-ring (bicyclic) bond motifs is 6. The number of aromatic nitrogens is 4. The first-order chi connectivity index (χ1) is 27.7. The molecular formula is C51H34N4O. The van der Waals surface area contributed by atoms with Crippen LogP contribution >= 0.6 is 0 Å². The van der Waals surface area contributed by atoms with Crippen LogP contribution < -0.4 is 0 Å². The Bertz CT molecular complexity index is 3120. The predicted molar refractivity (Wildman–Crippen MR) is 230 cm³/mol. The molecular weight excluding hydrogens is 685 g/mol. The molecule has 56 heavy (non-hydrogen) atoms. The van der Waals surface area contributed by atoms with Crippen LogP contribution in [0.1, 0.15) is 18.4 Å². The van der Waals surface area contributed by atoms with Crippen LogP contribution in [-0.4, -0.2) is 19.5 Å². The fraction of sp³-hybridized carbons (Fsp3) is 0.0392. The number of furan rings is 1. The van der Waals surface area contributed by atoms with E-state index in [2.05, 4.69) is 126 Å². The first-order valence-corrected chi connectivity index (χ1v) is 19.1. The van der Waals surface area contributed by atoms with Crippen LogP contribution in [0.15, 0.2) is 186 Å². The molecule has 0 N–H and O–H groups in total. The third kappa shape index (κ3) is 5.44. The Balaban J connectivity index is 1.10. The highest BCUT2D eigenvalue weighted by Gasteiger charge is 2.20. The minimum atomic E-state index is 0.593. The molecule has 0 unspecified atom stereocenters. The van der Waals surface area contributed by atoms with E-state index < -0.39 is 0 Å². The van der Waals surface area contributed by atoms with E-state index in [1.807, 2.05) is 60.7 Å². The molecule has 0 saturated carbocycles. The molecule has 3 aromatic heterocycles. The van der Waals surface area contributed by atoms with E-state index in [4.69, 9.17) is 19.4 Å². The quantitative estimate of drug-likeness (QED) is 0.172. The zero-order valence-electron chi connectivity index (χ0n) is 30.4. The van der Waals surface area contributed by atoms with Crippen molar-refractivity contribution in [3.63, 3.8) is 0 Å². The van der Waals surface area contributed by atoms with Crippen molar-refractivity contribution in [2.45, 2.75) is 12.8 Å². The summed E-state index contributed by atoms with van der Waals surface area (Å²) in [5.41, 5.74) is 12.6. The molecule has 0 bridgehead atoms. The maximum Gasteiger partial charge on any atom is 0.164 e. The van der Waals surface area contributed by atoms with E-state index in [-0.39, 0.29) is 0 Å². The van der Waals surface area contributed by atoms with Gasteiger partial charge in [0.05, 0.1) is 22.1 Å². The lowest BCUT2D eigenvalue weighted by Crippen LogP contribution is -2.00. The van der Waals surface area contributed by atoms with Crippen LogP contribution in [0.4, 0.5) is 0 Å². The van der Waals surface area contributed by atoms with Crippen molar-refractivity contribution in [3.05, 3.63) is 188 Å². The molecule has 0 radical (unpaired) electrons. The summed E-state index contributed by atoms with van der Waals surface area (Å²) in [6.07, 6.45) is 9.04. The molecule has 0 atom stereocenters. The van der Waals surface area contributed by atoms with Crippen LogP contribution in [0.25, 0.3) is 100 Å².